The third kappa shape index (κ3) is 2.62. The fourth-order valence-corrected chi connectivity index (χ4v) is 3.63. The molecule has 0 bridgehead atoms. The summed E-state index contributed by atoms with van der Waals surface area (Å²) in [6, 6.07) is 10.6. The SMILES string of the molecule is COc1cccc(-c2ccc3c(c2F)n(C)c(=O)n3CC2(C)CC2)c1C#N. The summed E-state index contributed by atoms with van der Waals surface area (Å²) >= 11 is 0. The van der Waals surface area contributed by atoms with Crippen LogP contribution >= 0.6 is 0 Å². The highest BCUT2D eigenvalue weighted by Crippen LogP contribution is 2.46. The number of rotatable bonds is 4. The second-order valence-corrected chi connectivity index (χ2v) is 7.53. The van der Waals surface area contributed by atoms with Gasteiger partial charge in [-0.1, -0.05) is 19.1 Å². The molecule has 0 amide bonds. The summed E-state index contributed by atoms with van der Waals surface area (Å²) in [5, 5.41) is 9.52. The van der Waals surface area contributed by atoms with Crippen molar-refractivity contribution in [3.8, 4) is 22.9 Å². The number of imidazole rings is 1. The molecular weight excluding hydrogens is 345 g/mol. The minimum absolute atomic E-state index is 0.119. The Morgan fingerprint density at radius 2 is 2.00 bits per heavy atom. The van der Waals surface area contributed by atoms with Crippen LogP contribution in [0.4, 0.5) is 4.39 Å². The van der Waals surface area contributed by atoms with E-state index in [9.17, 15) is 10.1 Å². The molecule has 1 aliphatic rings. The smallest absolute Gasteiger partial charge is 0.328 e. The molecule has 0 radical (unpaired) electrons. The molecule has 1 aromatic heterocycles. The van der Waals surface area contributed by atoms with Crippen molar-refractivity contribution in [2.45, 2.75) is 26.3 Å². The molecular formula is C21H20FN3O2. The molecule has 5 nitrogen and oxygen atoms in total. The van der Waals surface area contributed by atoms with E-state index in [1.165, 1.54) is 11.7 Å². The van der Waals surface area contributed by atoms with Gasteiger partial charge in [0.15, 0.2) is 5.82 Å². The molecule has 4 rings (SSSR count). The van der Waals surface area contributed by atoms with Gasteiger partial charge in [-0.25, -0.2) is 9.18 Å². The summed E-state index contributed by atoms with van der Waals surface area (Å²) in [4.78, 5) is 12.7. The molecule has 1 saturated carbocycles. The second kappa shape index (κ2) is 5.98. The first-order valence-corrected chi connectivity index (χ1v) is 8.85. The van der Waals surface area contributed by atoms with Crippen LogP contribution in [-0.4, -0.2) is 16.2 Å². The maximum atomic E-state index is 15.5. The van der Waals surface area contributed by atoms with Gasteiger partial charge < -0.3 is 4.74 Å². The highest BCUT2D eigenvalue weighted by Gasteiger charge is 2.38. The summed E-state index contributed by atoms with van der Waals surface area (Å²) in [7, 11) is 3.06. The lowest BCUT2D eigenvalue weighted by Crippen LogP contribution is -2.25. The van der Waals surface area contributed by atoms with Gasteiger partial charge in [-0.3, -0.25) is 9.13 Å². The average molecular weight is 365 g/mol. The van der Waals surface area contributed by atoms with Crippen LogP contribution in [0.2, 0.25) is 0 Å². The van der Waals surface area contributed by atoms with Gasteiger partial charge in [0.25, 0.3) is 0 Å². The molecule has 1 fully saturated rings. The van der Waals surface area contributed by atoms with Crippen molar-refractivity contribution >= 4 is 11.0 Å². The van der Waals surface area contributed by atoms with Gasteiger partial charge in [-0.2, -0.15) is 5.26 Å². The van der Waals surface area contributed by atoms with Crippen LogP contribution in [0.1, 0.15) is 25.3 Å². The number of benzene rings is 2. The lowest BCUT2D eigenvalue weighted by molar-refractivity contribution is 0.413. The van der Waals surface area contributed by atoms with Crippen LogP contribution in [0, 0.1) is 22.6 Å². The maximum absolute atomic E-state index is 15.5. The number of halogens is 1. The van der Waals surface area contributed by atoms with Gasteiger partial charge in [0, 0.05) is 24.7 Å². The number of fused-ring (bicyclic) bond motifs is 1. The van der Waals surface area contributed by atoms with Gasteiger partial charge in [-0.15, -0.1) is 0 Å². The highest BCUT2D eigenvalue weighted by molar-refractivity contribution is 5.86. The molecule has 3 aromatic rings. The largest absolute Gasteiger partial charge is 0.495 e. The number of nitrogens with zero attached hydrogens (tertiary/aromatic N) is 3. The molecule has 138 valence electrons. The van der Waals surface area contributed by atoms with E-state index < -0.39 is 5.82 Å². The minimum atomic E-state index is -0.503. The second-order valence-electron chi connectivity index (χ2n) is 7.53. The standard InChI is InChI=1S/C21H20FN3O2/c1-21(9-10-21)12-25-16-8-7-14(18(22)19(16)24(2)20(25)26)13-5-4-6-17(27-3)15(13)11-23/h4-8H,9-10,12H2,1-3H3. The normalized spacial score (nSPS) is 14.9. The van der Waals surface area contributed by atoms with E-state index in [1.54, 1.807) is 41.9 Å². The average Bonchev–Trinajstić information content (AvgIpc) is 3.35. The van der Waals surface area contributed by atoms with Crippen LogP contribution in [0.25, 0.3) is 22.2 Å². The van der Waals surface area contributed by atoms with Crippen LogP contribution < -0.4 is 10.4 Å². The van der Waals surface area contributed by atoms with E-state index in [1.807, 2.05) is 0 Å². The summed E-state index contributed by atoms with van der Waals surface area (Å²) in [5.74, 6) is -0.112. The molecule has 0 unspecified atom stereocenters. The molecule has 1 heterocycles. The fourth-order valence-electron chi connectivity index (χ4n) is 3.63. The first-order valence-electron chi connectivity index (χ1n) is 8.85. The Bertz CT molecular complexity index is 1160. The van der Waals surface area contributed by atoms with Crippen molar-refractivity contribution < 1.29 is 9.13 Å². The molecule has 6 heteroatoms. The molecule has 0 aliphatic heterocycles. The Morgan fingerprint density at radius 1 is 1.26 bits per heavy atom. The van der Waals surface area contributed by atoms with Gasteiger partial charge in [0.05, 0.1) is 12.6 Å². The fraction of sp³-hybridized carbons (Fsp3) is 0.333. The van der Waals surface area contributed by atoms with Crippen molar-refractivity contribution in [3.63, 3.8) is 0 Å². The van der Waals surface area contributed by atoms with Crippen LogP contribution in [-0.2, 0) is 13.6 Å². The number of nitriles is 1. The van der Waals surface area contributed by atoms with Crippen molar-refractivity contribution in [1.82, 2.24) is 9.13 Å². The third-order valence-corrected chi connectivity index (χ3v) is 5.53. The Kier molecular flexibility index (Phi) is 3.84. The zero-order valence-corrected chi connectivity index (χ0v) is 15.5. The van der Waals surface area contributed by atoms with Crippen molar-refractivity contribution in [2.75, 3.05) is 7.11 Å². The van der Waals surface area contributed by atoms with E-state index in [0.717, 1.165) is 12.8 Å². The van der Waals surface area contributed by atoms with Gasteiger partial charge in [-0.05, 0) is 36.5 Å². The zero-order valence-electron chi connectivity index (χ0n) is 15.5. The van der Waals surface area contributed by atoms with Gasteiger partial charge in [0.2, 0.25) is 0 Å². The molecule has 27 heavy (non-hydrogen) atoms. The summed E-state index contributed by atoms with van der Waals surface area (Å²) in [6.07, 6.45) is 2.15. The van der Waals surface area contributed by atoms with E-state index in [4.69, 9.17) is 4.74 Å². The van der Waals surface area contributed by atoms with Crippen molar-refractivity contribution in [2.24, 2.45) is 12.5 Å². The molecule has 2 aromatic carbocycles. The number of methoxy groups -OCH3 is 1. The van der Waals surface area contributed by atoms with Crippen molar-refractivity contribution in [1.29, 1.82) is 5.26 Å². The number of hydrogen-bond donors (Lipinski definition) is 0. The van der Waals surface area contributed by atoms with Gasteiger partial charge in [0.1, 0.15) is 22.9 Å². The Labute approximate surface area is 156 Å². The summed E-state index contributed by atoms with van der Waals surface area (Å²) in [5.41, 5.74) is 1.74. The molecule has 0 N–H and O–H groups in total. The molecule has 0 atom stereocenters. The predicted molar refractivity (Wildman–Crippen MR) is 101 cm³/mol. The number of aryl methyl sites for hydroxylation is 1. The Hall–Kier alpha value is -3.07. The summed E-state index contributed by atoms with van der Waals surface area (Å²) < 4.78 is 23.7. The van der Waals surface area contributed by atoms with Crippen LogP contribution in [0.3, 0.4) is 0 Å². The molecule has 1 aliphatic carbocycles. The Balaban J connectivity index is 1.96. The molecule has 0 spiro atoms. The lowest BCUT2D eigenvalue weighted by Gasteiger charge is -2.12. The van der Waals surface area contributed by atoms with E-state index >= 15 is 4.39 Å². The quantitative estimate of drug-likeness (QED) is 0.706. The number of hydrogen-bond acceptors (Lipinski definition) is 3. The monoisotopic (exact) mass is 365 g/mol. The molecule has 0 saturated heterocycles. The number of ether oxygens (including phenoxy) is 1. The maximum Gasteiger partial charge on any atom is 0.328 e. The predicted octanol–water partition coefficient (Wildman–Crippen LogP) is 3.83. The van der Waals surface area contributed by atoms with Crippen molar-refractivity contribution in [3.05, 3.63) is 52.2 Å². The topological polar surface area (TPSA) is 59.9 Å². The highest BCUT2D eigenvalue weighted by atomic mass is 19.1. The zero-order chi connectivity index (χ0) is 19.3. The first kappa shape index (κ1) is 17.3. The van der Waals surface area contributed by atoms with Crippen LogP contribution in [0.15, 0.2) is 35.1 Å². The first-order chi connectivity index (χ1) is 12.9. The summed E-state index contributed by atoms with van der Waals surface area (Å²) in [6.45, 7) is 2.73. The van der Waals surface area contributed by atoms with E-state index in [-0.39, 0.29) is 27.7 Å². The number of aromatic nitrogens is 2. The van der Waals surface area contributed by atoms with Gasteiger partial charge >= 0.3 is 5.69 Å². The van der Waals surface area contributed by atoms with Crippen LogP contribution in [0.5, 0.6) is 5.75 Å². The minimum Gasteiger partial charge on any atom is -0.495 e. The Morgan fingerprint density at radius 3 is 2.63 bits per heavy atom. The van der Waals surface area contributed by atoms with E-state index in [2.05, 4.69) is 13.0 Å². The van der Waals surface area contributed by atoms with E-state index in [0.29, 0.717) is 23.4 Å². The third-order valence-electron chi connectivity index (χ3n) is 5.53. The lowest BCUT2D eigenvalue weighted by atomic mass is 9.98.